The van der Waals surface area contributed by atoms with Crippen LogP contribution in [0.1, 0.15) is 11.3 Å². The lowest BCUT2D eigenvalue weighted by Gasteiger charge is -2.11. The highest BCUT2D eigenvalue weighted by atomic mass is 32.2. The number of hydrogen-bond acceptors (Lipinski definition) is 6. The monoisotopic (exact) mass is 349 g/mol. The number of nitrogens with zero attached hydrogens (tertiary/aromatic N) is 5. The maximum atomic E-state index is 9.15. The number of ether oxygens (including phenoxy) is 1. The van der Waals surface area contributed by atoms with E-state index in [4.69, 9.17) is 10.00 Å². The van der Waals surface area contributed by atoms with Gasteiger partial charge in [-0.3, -0.25) is 4.57 Å². The molecule has 0 saturated carbocycles. The highest BCUT2D eigenvalue weighted by Gasteiger charge is 2.18. The van der Waals surface area contributed by atoms with E-state index in [9.17, 15) is 0 Å². The maximum Gasteiger partial charge on any atom is 0.189 e. The lowest BCUT2D eigenvalue weighted by molar-refractivity contribution is 0.357. The Labute approximate surface area is 149 Å². The summed E-state index contributed by atoms with van der Waals surface area (Å²) in [4.78, 5) is 13.4. The second-order valence-corrected chi connectivity index (χ2v) is 6.34. The van der Waals surface area contributed by atoms with E-state index in [2.05, 4.69) is 27.1 Å². The van der Waals surface area contributed by atoms with Crippen molar-refractivity contribution in [2.45, 2.75) is 18.0 Å². The smallest absolute Gasteiger partial charge is 0.189 e. The highest BCUT2D eigenvalue weighted by molar-refractivity contribution is 7.98. The zero-order chi connectivity index (χ0) is 17.2. The molecule has 0 N–H and O–H groups in total. The van der Waals surface area contributed by atoms with Gasteiger partial charge in [-0.2, -0.15) is 5.26 Å². The number of rotatable bonds is 4. The summed E-state index contributed by atoms with van der Waals surface area (Å²) < 4.78 is 7.52. The van der Waals surface area contributed by atoms with Crippen LogP contribution in [0.5, 0.6) is 5.75 Å². The van der Waals surface area contributed by atoms with Crippen molar-refractivity contribution in [3.8, 4) is 29.0 Å². The summed E-state index contributed by atoms with van der Waals surface area (Å²) in [7, 11) is 0. The standard InChI is InChI=1S/C18H15N5OS/c1-25-18-20-8-5-16(22-18)23-14(4-7-19)11-21-17(23)13-2-3-15-12(10-13)6-9-24-15/h2-3,5,8,10-11H,4,6,9H2,1H3. The number of thioether (sulfide) groups is 1. The van der Waals surface area contributed by atoms with Crippen LogP contribution in [0, 0.1) is 11.3 Å². The van der Waals surface area contributed by atoms with E-state index in [1.165, 1.54) is 17.3 Å². The molecule has 1 aliphatic rings. The van der Waals surface area contributed by atoms with E-state index >= 15 is 0 Å². The van der Waals surface area contributed by atoms with Gasteiger partial charge in [0.1, 0.15) is 17.4 Å². The molecular formula is C18H15N5OS. The van der Waals surface area contributed by atoms with Gasteiger partial charge < -0.3 is 4.74 Å². The summed E-state index contributed by atoms with van der Waals surface area (Å²) in [5, 5.41) is 9.84. The van der Waals surface area contributed by atoms with Crippen LogP contribution < -0.4 is 4.74 Å². The van der Waals surface area contributed by atoms with Crippen molar-refractivity contribution in [3.63, 3.8) is 0 Å². The number of hydrogen-bond donors (Lipinski definition) is 0. The van der Waals surface area contributed by atoms with Gasteiger partial charge in [0.05, 0.1) is 31.0 Å². The minimum atomic E-state index is 0.264. The summed E-state index contributed by atoms with van der Waals surface area (Å²) in [6.07, 6.45) is 6.57. The van der Waals surface area contributed by atoms with E-state index in [0.717, 1.165) is 35.9 Å². The Morgan fingerprint density at radius 2 is 2.24 bits per heavy atom. The zero-order valence-corrected chi connectivity index (χ0v) is 14.5. The number of imidazole rings is 1. The third-order valence-electron chi connectivity index (χ3n) is 4.07. The predicted octanol–water partition coefficient (Wildman–Crippen LogP) is 3.05. The van der Waals surface area contributed by atoms with Crippen LogP contribution in [-0.2, 0) is 12.8 Å². The average Bonchev–Trinajstić information content (AvgIpc) is 3.28. The number of fused-ring (bicyclic) bond motifs is 1. The second-order valence-electron chi connectivity index (χ2n) is 5.57. The summed E-state index contributed by atoms with van der Waals surface area (Å²) in [6, 6.07) is 10.1. The van der Waals surface area contributed by atoms with Gasteiger partial charge in [0, 0.05) is 18.2 Å². The summed E-state index contributed by atoms with van der Waals surface area (Å²) in [6.45, 7) is 0.718. The van der Waals surface area contributed by atoms with Gasteiger partial charge in [-0.25, -0.2) is 15.0 Å². The van der Waals surface area contributed by atoms with Gasteiger partial charge in [-0.15, -0.1) is 0 Å². The van der Waals surface area contributed by atoms with Crippen LogP contribution in [-0.4, -0.2) is 32.4 Å². The molecule has 0 saturated heterocycles. The van der Waals surface area contributed by atoms with Crippen molar-refractivity contribution in [2.24, 2.45) is 0 Å². The fraction of sp³-hybridized carbons (Fsp3) is 0.222. The Morgan fingerprint density at radius 3 is 3.08 bits per heavy atom. The minimum Gasteiger partial charge on any atom is -0.493 e. The second kappa shape index (κ2) is 6.57. The van der Waals surface area contributed by atoms with Crippen LogP contribution in [0.25, 0.3) is 17.2 Å². The van der Waals surface area contributed by atoms with Crippen molar-refractivity contribution in [3.05, 3.63) is 47.9 Å². The lowest BCUT2D eigenvalue weighted by atomic mass is 10.1. The molecule has 124 valence electrons. The van der Waals surface area contributed by atoms with Crippen LogP contribution in [0.15, 0.2) is 41.8 Å². The first kappa shape index (κ1) is 15.7. The molecule has 0 amide bonds. The molecule has 1 aromatic carbocycles. The molecule has 2 aromatic heterocycles. The van der Waals surface area contributed by atoms with Crippen molar-refractivity contribution < 1.29 is 4.74 Å². The van der Waals surface area contributed by atoms with Crippen molar-refractivity contribution in [2.75, 3.05) is 12.9 Å². The molecule has 3 heterocycles. The summed E-state index contributed by atoms with van der Waals surface area (Å²) in [5.41, 5.74) is 2.97. The topological polar surface area (TPSA) is 76.6 Å². The molecule has 0 fully saturated rings. The van der Waals surface area contributed by atoms with Crippen LogP contribution >= 0.6 is 11.8 Å². The van der Waals surface area contributed by atoms with Gasteiger partial charge in [0.15, 0.2) is 5.16 Å². The molecule has 7 heteroatoms. The Bertz CT molecular complexity index is 976. The van der Waals surface area contributed by atoms with E-state index in [0.29, 0.717) is 11.0 Å². The first-order valence-corrected chi connectivity index (χ1v) is 9.09. The third-order valence-corrected chi connectivity index (χ3v) is 4.63. The third kappa shape index (κ3) is 2.85. The average molecular weight is 349 g/mol. The Hall–Kier alpha value is -2.85. The fourth-order valence-corrected chi connectivity index (χ4v) is 3.28. The largest absolute Gasteiger partial charge is 0.493 e. The summed E-state index contributed by atoms with van der Waals surface area (Å²) in [5.74, 6) is 2.42. The van der Waals surface area contributed by atoms with Crippen molar-refractivity contribution >= 4 is 11.8 Å². The molecule has 25 heavy (non-hydrogen) atoms. The van der Waals surface area contributed by atoms with E-state index < -0.39 is 0 Å². The highest BCUT2D eigenvalue weighted by Crippen LogP contribution is 2.31. The Kier molecular flexibility index (Phi) is 4.12. The van der Waals surface area contributed by atoms with Gasteiger partial charge in [-0.1, -0.05) is 11.8 Å². The molecule has 0 aliphatic carbocycles. The molecular weight excluding hydrogens is 334 g/mol. The molecule has 0 radical (unpaired) electrons. The minimum absolute atomic E-state index is 0.264. The molecule has 0 bridgehead atoms. The van der Waals surface area contributed by atoms with Gasteiger partial charge in [0.2, 0.25) is 0 Å². The van der Waals surface area contributed by atoms with Crippen LogP contribution in [0.4, 0.5) is 0 Å². The van der Waals surface area contributed by atoms with Gasteiger partial charge in [0.25, 0.3) is 0 Å². The summed E-state index contributed by atoms with van der Waals surface area (Å²) >= 11 is 1.48. The molecule has 0 unspecified atom stereocenters. The normalized spacial score (nSPS) is 12.5. The molecule has 3 aromatic rings. The first-order valence-electron chi connectivity index (χ1n) is 7.87. The number of aromatic nitrogens is 4. The quantitative estimate of drug-likeness (QED) is 0.532. The molecule has 0 atom stereocenters. The predicted molar refractivity (Wildman–Crippen MR) is 94.9 cm³/mol. The van der Waals surface area contributed by atoms with E-state index in [1.807, 2.05) is 29.0 Å². The maximum absolute atomic E-state index is 9.15. The Morgan fingerprint density at radius 1 is 1.32 bits per heavy atom. The zero-order valence-electron chi connectivity index (χ0n) is 13.6. The van der Waals surface area contributed by atoms with Crippen LogP contribution in [0.3, 0.4) is 0 Å². The SMILES string of the molecule is CSc1nccc(-n2c(CC#N)cnc2-c2ccc3c(c2)CCO3)n1. The van der Waals surface area contributed by atoms with Crippen LogP contribution in [0.2, 0.25) is 0 Å². The van der Waals surface area contributed by atoms with E-state index in [-0.39, 0.29) is 6.42 Å². The fourth-order valence-electron chi connectivity index (χ4n) is 2.93. The van der Waals surface area contributed by atoms with Gasteiger partial charge in [-0.05, 0) is 36.1 Å². The number of benzene rings is 1. The molecule has 0 spiro atoms. The molecule has 6 nitrogen and oxygen atoms in total. The lowest BCUT2D eigenvalue weighted by Crippen LogP contribution is -2.05. The van der Waals surface area contributed by atoms with E-state index in [1.54, 1.807) is 12.4 Å². The molecule has 4 rings (SSSR count). The number of nitriles is 1. The first-order chi connectivity index (χ1) is 12.3. The molecule has 1 aliphatic heterocycles. The van der Waals surface area contributed by atoms with Crippen molar-refractivity contribution in [1.82, 2.24) is 19.5 Å². The van der Waals surface area contributed by atoms with Gasteiger partial charge >= 0.3 is 0 Å². The Balaban J connectivity index is 1.87. The van der Waals surface area contributed by atoms with Crippen molar-refractivity contribution in [1.29, 1.82) is 5.26 Å².